The Labute approximate surface area is 101 Å². The molecule has 1 aromatic heterocycles. The number of hydrogen-bond donors (Lipinski definition) is 0. The van der Waals surface area contributed by atoms with Gasteiger partial charge in [0.2, 0.25) is 0 Å². The summed E-state index contributed by atoms with van der Waals surface area (Å²) < 4.78 is 10.4. The third-order valence-electron chi connectivity index (χ3n) is 3.66. The predicted octanol–water partition coefficient (Wildman–Crippen LogP) is 2.74. The van der Waals surface area contributed by atoms with Gasteiger partial charge in [0.15, 0.2) is 5.89 Å². The van der Waals surface area contributed by atoms with Gasteiger partial charge in [-0.2, -0.15) is 0 Å². The van der Waals surface area contributed by atoms with Crippen molar-refractivity contribution in [2.45, 2.75) is 45.4 Å². The number of hydrogen-bond acceptors (Lipinski definition) is 4. The van der Waals surface area contributed by atoms with Crippen molar-refractivity contribution in [3.05, 3.63) is 17.3 Å². The maximum Gasteiger partial charge on any atom is 0.308 e. The Morgan fingerprint density at radius 1 is 1.29 bits per heavy atom. The van der Waals surface area contributed by atoms with Crippen LogP contribution in [0.5, 0.6) is 0 Å². The monoisotopic (exact) mass is 237 g/mol. The van der Waals surface area contributed by atoms with Crippen LogP contribution in [0.2, 0.25) is 0 Å². The van der Waals surface area contributed by atoms with Crippen molar-refractivity contribution in [2.24, 2.45) is 5.92 Å². The molecule has 0 N–H and O–H groups in total. The molecule has 1 heterocycles. The van der Waals surface area contributed by atoms with E-state index in [1.54, 1.807) is 0 Å². The average molecular weight is 237 g/mol. The fourth-order valence-corrected chi connectivity index (χ4v) is 2.41. The maximum atomic E-state index is 11.4. The molecule has 0 aromatic carbocycles. The SMILES string of the molecule is COC(=O)C1CCC(c2nc(C)c(C)o2)CC1. The van der Waals surface area contributed by atoms with E-state index in [0.29, 0.717) is 5.92 Å². The lowest BCUT2D eigenvalue weighted by Gasteiger charge is -2.24. The molecule has 17 heavy (non-hydrogen) atoms. The summed E-state index contributed by atoms with van der Waals surface area (Å²) in [6, 6.07) is 0. The summed E-state index contributed by atoms with van der Waals surface area (Å²) >= 11 is 0. The van der Waals surface area contributed by atoms with Gasteiger partial charge in [-0.05, 0) is 39.5 Å². The van der Waals surface area contributed by atoms with Crippen LogP contribution in [0.1, 0.15) is 48.9 Å². The molecule has 94 valence electrons. The zero-order valence-corrected chi connectivity index (χ0v) is 10.7. The zero-order valence-electron chi connectivity index (χ0n) is 10.7. The highest BCUT2D eigenvalue weighted by Gasteiger charge is 2.30. The summed E-state index contributed by atoms with van der Waals surface area (Å²) in [6.45, 7) is 3.90. The number of carbonyl (C=O) groups is 1. The van der Waals surface area contributed by atoms with Crippen molar-refractivity contribution in [3.8, 4) is 0 Å². The van der Waals surface area contributed by atoms with E-state index in [1.807, 2.05) is 13.8 Å². The van der Waals surface area contributed by atoms with Crippen molar-refractivity contribution < 1.29 is 13.9 Å². The molecule has 1 aromatic rings. The molecule has 0 saturated heterocycles. The summed E-state index contributed by atoms with van der Waals surface area (Å²) in [6.07, 6.45) is 3.66. The van der Waals surface area contributed by atoms with Gasteiger partial charge < -0.3 is 9.15 Å². The van der Waals surface area contributed by atoms with Crippen LogP contribution >= 0.6 is 0 Å². The first-order chi connectivity index (χ1) is 8.11. The van der Waals surface area contributed by atoms with Gasteiger partial charge in [-0.25, -0.2) is 4.98 Å². The van der Waals surface area contributed by atoms with Crippen molar-refractivity contribution in [3.63, 3.8) is 0 Å². The van der Waals surface area contributed by atoms with Crippen molar-refractivity contribution >= 4 is 5.97 Å². The Bertz CT molecular complexity index is 383. The second-order valence-electron chi connectivity index (χ2n) is 4.77. The topological polar surface area (TPSA) is 52.3 Å². The standard InChI is InChI=1S/C13H19NO3/c1-8-9(2)17-12(14-8)10-4-6-11(7-5-10)13(15)16-3/h10-11H,4-7H2,1-3H3. The fraction of sp³-hybridized carbons (Fsp3) is 0.692. The number of methoxy groups -OCH3 is 1. The molecule has 0 unspecified atom stereocenters. The van der Waals surface area contributed by atoms with Crippen molar-refractivity contribution in [1.29, 1.82) is 0 Å². The van der Waals surface area contributed by atoms with Gasteiger partial charge in [-0.1, -0.05) is 0 Å². The minimum Gasteiger partial charge on any atom is -0.469 e. The summed E-state index contributed by atoms with van der Waals surface area (Å²) in [5.74, 6) is 2.08. The van der Waals surface area contributed by atoms with Crippen LogP contribution in [0.3, 0.4) is 0 Å². The Hall–Kier alpha value is -1.32. The lowest BCUT2D eigenvalue weighted by Crippen LogP contribution is -2.22. The van der Waals surface area contributed by atoms with E-state index in [9.17, 15) is 4.79 Å². The molecule has 4 nitrogen and oxygen atoms in total. The molecule has 1 aliphatic rings. The van der Waals surface area contributed by atoms with Crippen molar-refractivity contribution in [2.75, 3.05) is 7.11 Å². The highest BCUT2D eigenvalue weighted by molar-refractivity contribution is 5.72. The van der Waals surface area contributed by atoms with Gasteiger partial charge in [-0.15, -0.1) is 0 Å². The summed E-state index contributed by atoms with van der Waals surface area (Å²) in [4.78, 5) is 15.8. The van der Waals surface area contributed by atoms with Gasteiger partial charge in [0, 0.05) is 5.92 Å². The van der Waals surface area contributed by atoms with Crippen molar-refractivity contribution in [1.82, 2.24) is 4.98 Å². The van der Waals surface area contributed by atoms with Gasteiger partial charge in [0.1, 0.15) is 5.76 Å². The van der Waals surface area contributed by atoms with Gasteiger partial charge in [-0.3, -0.25) is 4.79 Å². The number of carbonyl (C=O) groups excluding carboxylic acids is 1. The van der Waals surface area contributed by atoms with E-state index in [4.69, 9.17) is 9.15 Å². The molecule has 0 atom stereocenters. The number of nitrogens with zero attached hydrogens (tertiary/aromatic N) is 1. The van der Waals surface area contributed by atoms with Crippen LogP contribution in [-0.4, -0.2) is 18.1 Å². The highest BCUT2D eigenvalue weighted by atomic mass is 16.5. The zero-order chi connectivity index (χ0) is 12.4. The number of ether oxygens (including phenoxy) is 1. The number of esters is 1. The summed E-state index contributed by atoms with van der Waals surface area (Å²) in [5, 5.41) is 0. The van der Waals surface area contributed by atoms with Crippen LogP contribution in [-0.2, 0) is 9.53 Å². The van der Waals surface area contributed by atoms with Crippen LogP contribution in [0.25, 0.3) is 0 Å². The predicted molar refractivity (Wildman–Crippen MR) is 62.7 cm³/mol. The third-order valence-corrected chi connectivity index (χ3v) is 3.66. The maximum absolute atomic E-state index is 11.4. The smallest absolute Gasteiger partial charge is 0.308 e. The van der Waals surface area contributed by atoms with Crippen LogP contribution in [0.4, 0.5) is 0 Å². The fourth-order valence-electron chi connectivity index (χ4n) is 2.41. The minimum atomic E-state index is -0.0804. The van der Waals surface area contributed by atoms with E-state index >= 15 is 0 Å². The Kier molecular flexibility index (Phi) is 3.50. The number of aryl methyl sites for hydroxylation is 2. The van der Waals surface area contributed by atoms with Gasteiger partial charge in [0.25, 0.3) is 0 Å². The molecule has 1 aliphatic carbocycles. The molecule has 0 amide bonds. The molecule has 0 aliphatic heterocycles. The Balaban J connectivity index is 1.97. The second-order valence-corrected chi connectivity index (χ2v) is 4.77. The molecule has 1 fully saturated rings. The van der Waals surface area contributed by atoms with E-state index in [0.717, 1.165) is 43.0 Å². The molecular weight excluding hydrogens is 218 g/mol. The lowest BCUT2D eigenvalue weighted by molar-refractivity contribution is -0.146. The first-order valence-corrected chi connectivity index (χ1v) is 6.13. The largest absolute Gasteiger partial charge is 0.469 e. The molecule has 0 bridgehead atoms. The van der Waals surface area contributed by atoms with Crippen LogP contribution in [0, 0.1) is 19.8 Å². The highest BCUT2D eigenvalue weighted by Crippen LogP contribution is 2.36. The molecule has 0 spiro atoms. The minimum absolute atomic E-state index is 0.0633. The Morgan fingerprint density at radius 3 is 2.41 bits per heavy atom. The number of rotatable bonds is 2. The normalized spacial score (nSPS) is 24.6. The van der Waals surface area contributed by atoms with Gasteiger partial charge >= 0.3 is 5.97 Å². The number of oxazole rings is 1. The summed E-state index contributed by atoms with van der Waals surface area (Å²) in [5.41, 5.74) is 0.968. The van der Waals surface area contributed by atoms with E-state index in [1.165, 1.54) is 7.11 Å². The first kappa shape index (κ1) is 12.1. The van der Waals surface area contributed by atoms with Crippen LogP contribution in [0.15, 0.2) is 4.42 Å². The molecule has 1 saturated carbocycles. The quantitative estimate of drug-likeness (QED) is 0.742. The third kappa shape index (κ3) is 2.51. The van der Waals surface area contributed by atoms with E-state index in [-0.39, 0.29) is 11.9 Å². The first-order valence-electron chi connectivity index (χ1n) is 6.13. The van der Waals surface area contributed by atoms with Crippen LogP contribution < -0.4 is 0 Å². The second kappa shape index (κ2) is 4.90. The molecule has 2 rings (SSSR count). The number of aromatic nitrogens is 1. The van der Waals surface area contributed by atoms with E-state index in [2.05, 4.69) is 4.98 Å². The molecular formula is C13H19NO3. The molecule has 0 radical (unpaired) electrons. The summed E-state index contributed by atoms with van der Waals surface area (Å²) in [7, 11) is 1.45. The molecule has 4 heteroatoms. The average Bonchev–Trinajstić information content (AvgIpc) is 2.69. The lowest BCUT2D eigenvalue weighted by atomic mass is 9.82. The Morgan fingerprint density at radius 2 is 1.94 bits per heavy atom. The van der Waals surface area contributed by atoms with Gasteiger partial charge in [0.05, 0.1) is 18.7 Å². The van der Waals surface area contributed by atoms with E-state index < -0.39 is 0 Å².